The Bertz CT molecular complexity index is 721. The molecule has 34 heavy (non-hydrogen) atoms. The molecule has 0 bridgehead atoms. The Morgan fingerprint density at radius 1 is 1.12 bits per heavy atom. The van der Waals surface area contributed by atoms with Crippen molar-refractivity contribution in [2.45, 2.75) is 86.9 Å². The van der Waals surface area contributed by atoms with Gasteiger partial charge >= 0.3 is 5.97 Å². The zero-order chi connectivity index (χ0) is 26.1. The minimum atomic E-state index is -0.690. The van der Waals surface area contributed by atoms with Gasteiger partial charge < -0.3 is 28.5 Å². The number of carbonyl (C=O) groups is 1. The molecule has 6 atom stereocenters. The zero-order valence-electron chi connectivity index (χ0n) is 23.0. The van der Waals surface area contributed by atoms with Gasteiger partial charge in [-0.3, -0.25) is 4.79 Å². The summed E-state index contributed by atoms with van der Waals surface area (Å²) in [5.41, 5.74) is 0.482. The van der Waals surface area contributed by atoms with Gasteiger partial charge in [-0.15, -0.1) is 0 Å². The second-order valence-corrected chi connectivity index (χ2v) is 10.6. The Kier molecular flexibility index (Phi) is 12.8. The van der Waals surface area contributed by atoms with Crippen LogP contribution in [0, 0.1) is 37.0 Å². The number of aliphatic hydroxyl groups is 1. The van der Waals surface area contributed by atoms with Gasteiger partial charge in [-0.25, -0.2) is 0 Å². The number of hydrogen-bond acceptors (Lipinski definition) is 7. The maximum atomic E-state index is 12.3. The molecular weight excluding hydrogens is 436 g/mol. The highest BCUT2D eigenvalue weighted by Crippen LogP contribution is 2.35. The van der Waals surface area contributed by atoms with E-state index in [0.29, 0.717) is 19.8 Å². The van der Waals surface area contributed by atoms with E-state index in [4.69, 9.17) is 23.4 Å². The van der Waals surface area contributed by atoms with Gasteiger partial charge in [0.25, 0.3) is 0 Å². The molecule has 0 aromatic carbocycles. The second-order valence-electron chi connectivity index (χ2n) is 10.6. The van der Waals surface area contributed by atoms with Crippen molar-refractivity contribution in [1.29, 1.82) is 0 Å². The number of furan rings is 1. The molecule has 1 rings (SSSR count). The van der Waals surface area contributed by atoms with E-state index in [1.54, 1.807) is 7.11 Å². The second kappa shape index (κ2) is 14.2. The van der Waals surface area contributed by atoms with Crippen LogP contribution in [0.3, 0.4) is 0 Å². The van der Waals surface area contributed by atoms with Crippen molar-refractivity contribution in [3.63, 3.8) is 0 Å². The molecule has 0 spiro atoms. The van der Waals surface area contributed by atoms with E-state index in [1.165, 1.54) is 0 Å². The van der Waals surface area contributed by atoms with Crippen LogP contribution in [0.1, 0.15) is 77.9 Å². The van der Waals surface area contributed by atoms with Gasteiger partial charge in [0.2, 0.25) is 0 Å². The van der Waals surface area contributed by atoms with Crippen LogP contribution in [0.4, 0.5) is 0 Å². The summed E-state index contributed by atoms with van der Waals surface area (Å²) < 4.78 is 28.3. The number of esters is 1. The molecular formula is C27H48O7. The van der Waals surface area contributed by atoms with Crippen molar-refractivity contribution in [3.8, 4) is 0 Å². The lowest BCUT2D eigenvalue weighted by molar-refractivity contribution is -0.162. The maximum absolute atomic E-state index is 12.3. The number of rotatable bonds is 15. The van der Waals surface area contributed by atoms with Crippen molar-refractivity contribution >= 4 is 5.97 Å². The van der Waals surface area contributed by atoms with Crippen molar-refractivity contribution < 1.29 is 33.3 Å². The summed E-state index contributed by atoms with van der Waals surface area (Å²) in [4.78, 5) is 12.3. The third-order valence-electron chi connectivity index (χ3n) is 6.66. The van der Waals surface area contributed by atoms with E-state index in [2.05, 4.69) is 13.8 Å². The van der Waals surface area contributed by atoms with Crippen LogP contribution in [-0.2, 0) is 23.7 Å². The Hall–Kier alpha value is -1.41. The number of carbonyl (C=O) groups excluding carboxylic acids is 1. The van der Waals surface area contributed by atoms with E-state index in [-0.39, 0.29) is 42.5 Å². The normalized spacial score (nSPS) is 17.6. The lowest BCUT2D eigenvalue weighted by Gasteiger charge is -2.37. The molecule has 0 amide bonds. The first kappa shape index (κ1) is 30.6. The molecule has 0 aliphatic rings. The monoisotopic (exact) mass is 484 g/mol. The van der Waals surface area contributed by atoms with Crippen molar-refractivity contribution in [1.82, 2.24) is 0 Å². The van der Waals surface area contributed by atoms with E-state index in [9.17, 15) is 9.90 Å². The average molecular weight is 485 g/mol. The lowest BCUT2D eigenvalue weighted by Crippen LogP contribution is -2.42. The number of aryl methyl sites for hydroxylation is 2. The first-order valence-corrected chi connectivity index (χ1v) is 12.5. The third-order valence-corrected chi connectivity index (χ3v) is 6.66. The fourth-order valence-corrected chi connectivity index (χ4v) is 4.34. The van der Waals surface area contributed by atoms with E-state index in [0.717, 1.165) is 23.5 Å². The average Bonchev–Trinajstić information content (AvgIpc) is 3.11. The quantitative estimate of drug-likeness (QED) is 0.206. The SMILES string of the molecule is CC[C@H](COC(=O)C(C)(C)C)[C@H](C)[C@@H](OCOCCOC)[C@H](C)[C@@H](O)[C@H](C)c1oc(C)cc1C. The van der Waals surface area contributed by atoms with E-state index in [1.807, 2.05) is 54.5 Å². The molecule has 1 aromatic heterocycles. The van der Waals surface area contributed by atoms with Crippen molar-refractivity contribution in [2.24, 2.45) is 23.2 Å². The first-order valence-electron chi connectivity index (χ1n) is 12.5. The molecule has 0 radical (unpaired) electrons. The van der Waals surface area contributed by atoms with Crippen LogP contribution in [-0.4, -0.2) is 57.0 Å². The third kappa shape index (κ3) is 8.99. The van der Waals surface area contributed by atoms with Gasteiger partial charge in [0.1, 0.15) is 18.3 Å². The minimum absolute atomic E-state index is 0.0140. The summed E-state index contributed by atoms with van der Waals surface area (Å²) >= 11 is 0. The summed E-state index contributed by atoms with van der Waals surface area (Å²) in [6, 6.07) is 1.99. The van der Waals surface area contributed by atoms with Gasteiger partial charge in [-0.05, 0) is 64.5 Å². The fraction of sp³-hybridized carbons (Fsp3) is 0.815. The highest BCUT2D eigenvalue weighted by molar-refractivity contribution is 5.75. The molecule has 0 unspecified atom stereocenters. The summed E-state index contributed by atoms with van der Waals surface area (Å²) in [6.45, 7) is 18.9. The lowest BCUT2D eigenvalue weighted by atomic mass is 9.77. The molecule has 198 valence electrons. The predicted octanol–water partition coefficient (Wildman–Crippen LogP) is 5.25. The zero-order valence-corrected chi connectivity index (χ0v) is 23.0. The van der Waals surface area contributed by atoms with Gasteiger partial charge in [0.15, 0.2) is 0 Å². The number of hydrogen-bond donors (Lipinski definition) is 1. The van der Waals surface area contributed by atoms with Gasteiger partial charge in [0, 0.05) is 18.9 Å². The Balaban J connectivity index is 3.01. The summed E-state index contributed by atoms with van der Waals surface area (Å²) in [7, 11) is 1.62. The van der Waals surface area contributed by atoms with Crippen LogP contribution < -0.4 is 0 Å². The van der Waals surface area contributed by atoms with Gasteiger partial charge in [0.05, 0.1) is 37.4 Å². The molecule has 7 nitrogen and oxygen atoms in total. The minimum Gasteiger partial charge on any atom is -0.466 e. The summed E-state index contributed by atoms with van der Waals surface area (Å²) in [5, 5.41) is 11.3. The highest BCUT2D eigenvalue weighted by Gasteiger charge is 2.37. The van der Waals surface area contributed by atoms with Crippen LogP contribution in [0.25, 0.3) is 0 Å². The molecule has 0 saturated heterocycles. The Labute approximate surface area is 206 Å². The Morgan fingerprint density at radius 2 is 1.76 bits per heavy atom. The molecule has 0 aliphatic carbocycles. The van der Waals surface area contributed by atoms with Crippen molar-refractivity contribution in [3.05, 3.63) is 23.2 Å². The van der Waals surface area contributed by atoms with Crippen LogP contribution >= 0.6 is 0 Å². The smallest absolute Gasteiger partial charge is 0.311 e. The number of ether oxygens (including phenoxy) is 4. The molecule has 7 heteroatoms. The molecule has 1 heterocycles. The summed E-state index contributed by atoms with van der Waals surface area (Å²) in [6.07, 6.45) is -0.183. The van der Waals surface area contributed by atoms with Crippen molar-refractivity contribution in [2.75, 3.05) is 33.7 Å². The molecule has 1 aromatic rings. The van der Waals surface area contributed by atoms with E-state index < -0.39 is 11.5 Å². The van der Waals surface area contributed by atoms with Gasteiger partial charge in [-0.1, -0.05) is 27.7 Å². The number of methoxy groups -OCH3 is 1. The highest BCUT2D eigenvalue weighted by atomic mass is 16.7. The molecule has 0 fully saturated rings. The maximum Gasteiger partial charge on any atom is 0.311 e. The standard InChI is InChI=1S/C27H48O7/c1-11-22(15-32-26(29)27(7,8)9)19(4)25(33-16-31-13-12-30-10)21(6)23(28)20(5)24-17(2)14-18(3)34-24/h14,19-23,25,28H,11-13,15-16H2,1-10H3/t19-,20-,21+,22+,23-,25+/m0/s1. The molecule has 0 aliphatic heterocycles. The van der Waals surface area contributed by atoms with E-state index >= 15 is 0 Å². The fourth-order valence-electron chi connectivity index (χ4n) is 4.34. The molecule has 1 N–H and O–H groups in total. The van der Waals surface area contributed by atoms with Gasteiger partial charge in [-0.2, -0.15) is 0 Å². The van der Waals surface area contributed by atoms with Crippen LogP contribution in [0.2, 0.25) is 0 Å². The van der Waals surface area contributed by atoms with Crippen LogP contribution in [0.5, 0.6) is 0 Å². The first-order chi connectivity index (χ1) is 15.8. The molecule has 0 saturated carbocycles. The topological polar surface area (TPSA) is 87.4 Å². The Morgan fingerprint density at radius 3 is 2.26 bits per heavy atom. The predicted molar refractivity (Wildman–Crippen MR) is 133 cm³/mol. The van der Waals surface area contributed by atoms with Crippen LogP contribution in [0.15, 0.2) is 10.5 Å². The summed E-state index contributed by atoms with van der Waals surface area (Å²) in [5.74, 6) is 1.09. The largest absolute Gasteiger partial charge is 0.466 e. The number of aliphatic hydroxyl groups excluding tert-OH is 1.